The van der Waals surface area contributed by atoms with Gasteiger partial charge in [-0.2, -0.15) is 0 Å². The van der Waals surface area contributed by atoms with Crippen molar-refractivity contribution in [1.29, 1.82) is 0 Å². The van der Waals surface area contributed by atoms with E-state index in [0.29, 0.717) is 12.2 Å². The molecule has 0 bridgehead atoms. The summed E-state index contributed by atoms with van der Waals surface area (Å²) < 4.78 is 27.1. The Morgan fingerprint density at radius 1 is 1.08 bits per heavy atom. The monoisotopic (exact) mass is 375 g/mol. The molecule has 0 radical (unpaired) electrons. The zero-order valence-electron chi connectivity index (χ0n) is 15.2. The summed E-state index contributed by atoms with van der Waals surface area (Å²) in [5, 5.41) is 6.09. The standard InChI is InChI=1S/C19H25N3O3S/c1-4-20-13-16-8-5-6-11-18(16)21-19(23)15-9-7-10-17(12-15)26(24,25)22-14(2)3/h5-12,14,20,22H,4,13H2,1-3H3,(H,21,23). The van der Waals surface area contributed by atoms with Gasteiger partial charge in [-0.05, 0) is 50.2 Å². The van der Waals surface area contributed by atoms with Crippen molar-refractivity contribution >= 4 is 21.6 Å². The number of amides is 1. The molecule has 0 aliphatic carbocycles. The van der Waals surface area contributed by atoms with Gasteiger partial charge in [-0.25, -0.2) is 13.1 Å². The van der Waals surface area contributed by atoms with Crippen LogP contribution in [0.15, 0.2) is 53.4 Å². The van der Waals surface area contributed by atoms with Crippen molar-refractivity contribution in [3.8, 4) is 0 Å². The maximum Gasteiger partial charge on any atom is 0.255 e. The van der Waals surface area contributed by atoms with Crippen LogP contribution in [-0.2, 0) is 16.6 Å². The number of sulfonamides is 1. The topological polar surface area (TPSA) is 87.3 Å². The van der Waals surface area contributed by atoms with Gasteiger partial charge in [0, 0.05) is 23.8 Å². The Kier molecular flexibility index (Phi) is 6.90. The molecule has 0 saturated carbocycles. The largest absolute Gasteiger partial charge is 0.322 e. The molecule has 0 heterocycles. The van der Waals surface area contributed by atoms with Gasteiger partial charge in [0.25, 0.3) is 5.91 Å². The van der Waals surface area contributed by atoms with E-state index >= 15 is 0 Å². The molecule has 2 rings (SSSR count). The van der Waals surface area contributed by atoms with Crippen molar-refractivity contribution < 1.29 is 13.2 Å². The average molecular weight is 375 g/mol. The lowest BCUT2D eigenvalue weighted by Gasteiger charge is -2.13. The van der Waals surface area contributed by atoms with Crippen LogP contribution in [0.4, 0.5) is 5.69 Å². The summed E-state index contributed by atoms with van der Waals surface area (Å²) in [5.74, 6) is -0.351. The number of carbonyl (C=O) groups is 1. The van der Waals surface area contributed by atoms with Gasteiger partial charge in [-0.15, -0.1) is 0 Å². The molecule has 3 N–H and O–H groups in total. The number of nitrogens with one attached hydrogen (secondary N) is 3. The van der Waals surface area contributed by atoms with E-state index < -0.39 is 10.0 Å². The van der Waals surface area contributed by atoms with E-state index in [2.05, 4.69) is 15.4 Å². The highest BCUT2D eigenvalue weighted by atomic mass is 32.2. The summed E-state index contributed by atoms with van der Waals surface area (Å²) >= 11 is 0. The Morgan fingerprint density at radius 3 is 2.50 bits per heavy atom. The zero-order chi connectivity index (χ0) is 19.2. The minimum Gasteiger partial charge on any atom is -0.322 e. The quantitative estimate of drug-likeness (QED) is 0.662. The molecule has 0 aliphatic heterocycles. The SMILES string of the molecule is CCNCc1ccccc1NC(=O)c1cccc(S(=O)(=O)NC(C)C)c1. The molecule has 0 spiro atoms. The molecule has 2 aromatic rings. The Bertz CT molecular complexity index is 864. The molecule has 0 aromatic heterocycles. The maximum atomic E-state index is 12.6. The van der Waals surface area contributed by atoms with Crippen molar-refractivity contribution in [3.05, 3.63) is 59.7 Å². The highest BCUT2D eigenvalue weighted by Gasteiger charge is 2.17. The molecule has 140 valence electrons. The maximum absolute atomic E-state index is 12.6. The fourth-order valence-electron chi connectivity index (χ4n) is 2.43. The summed E-state index contributed by atoms with van der Waals surface area (Å²) in [4.78, 5) is 12.7. The van der Waals surface area contributed by atoms with E-state index in [1.54, 1.807) is 26.0 Å². The highest BCUT2D eigenvalue weighted by molar-refractivity contribution is 7.89. The molecule has 0 atom stereocenters. The van der Waals surface area contributed by atoms with Crippen LogP contribution >= 0.6 is 0 Å². The second-order valence-corrected chi connectivity index (χ2v) is 7.91. The van der Waals surface area contributed by atoms with Crippen LogP contribution in [-0.4, -0.2) is 26.9 Å². The van der Waals surface area contributed by atoms with E-state index in [4.69, 9.17) is 0 Å². The number of rotatable bonds is 8. The molecule has 26 heavy (non-hydrogen) atoms. The fraction of sp³-hybridized carbons (Fsp3) is 0.316. The molecule has 2 aromatic carbocycles. The second-order valence-electron chi connectivity index (χ2n) is 6.20. The highest BCUT2D eigenvalue weighted by Crippen LogP contribution is 2.18. The first kappa shape index (κ1) is 20.1. The van der Waals surface area contributed by atoms with Crippen LogP contribution in [0.1, 0.15) is 36.7 Å². The smallest absolute Gasteiger partial charge is 0.255 e. The van der Waals surface area contributed by atoms with Gasteiger partial charge < -0.3 is 10.6 Å². The first-order valence-corrected chi connectivity index (χ1v) is 10.0. The summed E-state index contributed by atoms with van der Waals surface area (Å²) in [5.41, 5.74) is 1.95. The molecular formula is C19H25N3O3S. The third-order valence-corrected chi connectivity index (χ3v) is 5.28. The minimum atomic E-state index is -3.65. The van der Waals surface area contributed by atoms with Gasteiger partial charge >= 0.3 is 0 Å². The Labute approximate surface area is 155 Å². The molecule has 0 saturated heterocycles. The Hall–Kier alpha value is -2.22. The van der Waals surface area contributed by atoms with Crippen molar-refractivity contribution in [1.82, 2.24) is 10.0 Å². The zero-order valence-corrected chi connectivity index (χ0v) is 16.1. The predicted molar refractivity (Wildman–Crippen MR) is 104 cm³/mol. The van der Waals surface area contributed by atoms with E-state index in [-0.39, 0.29) is 22.4 Å². The van der Waals surface area contributed by atoms with Crippen molar-refractivity contribution in [3.63, 3.8) is 0 Å². The summed E-state index contributed by atoms with van der Waals surface area (Å²) in [6.45, 7) is 6.97. The third-order valence-electron chi connectivity index (χ3n) is 3.63. The van der Waals surface area contributed by atoms with Gasteiger partial charge in [0.2, 0.25) is 10.0 Å². The van der Waals surface area contributed by atoms with Crippen molar-refractivity contribution in [2.24, 2.45) is 0 Å². The first-order valence-electron chi connectivity index (χ1n) is 8.56. The number of anilines is 1. The predicted octanol–water partition coefficient (Wildman–Crippen LogP) is 2.74. The van der Waals surface area contributed by atoms with Crippen LogP contribution in [0.3, 0.4) is 0 Å². The van der Waals surface area contributed by atoms with E-state index in [9.17, 15) is 13.2 Å². The Balaban J connectivity index is 2.23. The molecule has 7 heteroatoms. The van der Waals surface area contributed by atoms with Crippen LogP contribution in [0.25, 0.3) is 0 Å². The molecule has 1 amide bonds. The van der Waals surface area contributed by atoms with Crippen molar-refractivity contribution in [2.75, 3.05) is 11.9 Å². The summed E-state index contributed by atoms with van der Waals surface area (Å²) in [6.07, 6.45) is 0. The van der Waals surface area contributed by atoms with Crippen LogP contribution in [0, 0.1) is 0 Å². The van der Waals surface area contributed by atoms with Gasteiger partial charge in [-0.1, -0.05) is 31.2 Å². The van der Waals surface area contributed by atoms with Crippen LogP contribution < -0.4 is 15.4 Å². The average Bonchev–Trinajstić information content (AvgIpc) is 2.60. The van der Waals surface area contributed by atoms with E-state index in [0.717, 1.165) is 12.1 Å². The van der Waals surface area contributed by atoms with Crippen molar-refractivity contribution in [2.45, 2.75) is 38.3 Å². The lowest BCUT2D eigenvalue weighted by molar-refractivity contribution is 0.102. The fourth-order valence-corrected chi connectivity index (χ4v) is 3.73. The normalized spacial score (nSPS) is 11.5. The van der Waals surface area contributed by atoms with E-state index in [1.807, 2.05) is 31.2 Å². The van der Waals surface area contributed by atoms with Gasteiger partial charge in [0.05, 0.1) is 4.90 Å². The molecule has 0 unspecified atom stereocenters. The van der Waals surface area contributed by atoms with Gasteiger partial charge in [0.15, 0.2) is 0 Å². The number of hydrogen-bond acceptors (Lipinski definition) is 4. The molecule has 0 fully saturated rings. The minimum absolute atomic E-state index is 0.0692. The van der Waals surface area contributed by atoms with Gasteiger partial charge in [-0.3, -0.25) is 4.79 Å². The van der Waals surface area contributed by atoms with Crippen LogP contribution in [0.5, 0.6) is 0 Å². The van der Waals surface area contributed by atoms with E-state index in [1.165, 1.54) is 12.1 Å². The first-order chi connectivity index (χ1) is 12.3. The lowest BCUT2D eigenvalue weighted by atomic mass is 10.1. The summed E-state index contributed by atoms with van der Waals surface area (Å²) in [6, 6.07) is 13.3. The number of carbonyl (C=O) groups excluding carboxylic acids is 1. The number of benzene rings is 2. The second kappa shape index (κ2) is 8.93. The summed E-state index contributed by atoms with van der Waals surface area (Å²) in [7, 11) is -3.65. The number of hydrogen-bond donors (Lipinski definition) is 3. The Morgan fingerprint density at radius 2 is 1.81 bits per heavy atom. The molecule has 6 nitrogen and oxygen atoms in total. The van der Waals surface area contributed by atoms with Crippen LogP contribution in [0.2, 0.25) is 0 Å². The number of para-hydroxylation sites is 1. The molecule has 0 aliphatic rings. The third kappa shape index (κ3) is 5.39. The van der Waals surface area contributed by atoms with Gasteiger partial charge in [0.1, 0.15) is 0 Å². The lowest BCUT2D eigenvalue weighted by Crippen LogP contribution is -2.30. The molecular weight excluding hydrogens is 350 g/mol.